The summed E-state index contributed by atoms with van der Waals surface area (Å²) in [4.78, 5) is 0. The van der Waals surface area contributed by atoms with Crippen LogP contribution in [0.25, 0.3) is 0 Å². The van der Waals surface area contributed by atoms with Gasteiger partial charge in [0.2, 0.25) is 0 Å². The first kappa shape index (κ1) is 17.2. The number of fused-ring (bicyclic) bond motifs is 1. The second-order valence-corrected chi connectivity index (χ2v) is 7.60. The fourth-order valence-electron chi connectivity index (χ4n) is 3.96. The third kappa shape index (κ3) is 3.13. The van der Waals surface area contributed by atoms with Crippen LogP contribution in [0.4, 0.5) is 0 Å². The van der Waals surface area contributed by atoms with Gasteiger partial charge in [0.25, 0.3) is 0 Å². The van der Waals surface area contributed by atoms with E-state index in [0.717, 1.165) is 24.4 Å². The quantitative estimate of drug-likeness (QED) is 0.886. The summed E-state index contributed by atoms with van der Waals surface area (Å²) in [5.41, 5.74) is 6.59. The lowest BCUT2D eigenvalue weighted by Gasteiger charge is -2.40. The molecule has 1 heterocycles. The van der Waals surface area contributed by atoms with Gasteiger partial charge in [-0.15, -0.1) is 0 Å². The van der Waals surface area contributed by atoms with E-state index >= 15 is 0 Å². The number of nitrogens with one attached hydrogen (secondary N) is 1. The number of benzene rings is 1. The van der Waals surface area contributed by atoms with Gasteiger partial charge in [-0.3, -0.25) is 4.68 Å². The Morgan fingerprint density at radius 3 is 2.79 bits per heavy atom. The second-order valence-electron chi connectivity index (χ2n) is 7.60. The first-order chi connectivity index (χ1) is 11.4. The van der Waals surface area contributed by atoms with E-state index in [1.54, 1.807) is 0 Å². The molecule has 1 aliphatic rings. The lowest BCUT2D eigenvalue weighted by molar-refractivity contribution is 0.207. The maximum absolute atomic E-state index is 9.18. The molecule has 1 unspecified atom stereocenters. The zero-order valence-corrected chi connectivity index (χ0v) is 15.3. The largest absolute Gasteiger partial charge is 0.394 e. The van der Waals surface area contributed by atoms with Crippen LogP contribution in [-0.4, -0.2) is 21.5 Å². The summed E-state index contributed by atoms with van der Waals surface area (Å²) in [7, 11) is 0. The molecular weight excluding hydrogens is 298 g/mol. The van der Waals surface area contributed by atoms with Crippen molar-refractivity contribution in [3.63, 3.8) is 0 Å². The van der Waals surface area contributed by atoms with Gasteiger partial charge in [0.15, 0.2) is 0 Å². The van der Waals surface area contributed by atoms with Gasteiger partial charge in [0.1, 0.15) is 0 Å². The standard InChI is InChI=1S/C20H29N3O/c1-14-18(15(2)23(22-14)11-12-24)13-21-19-17-8-6-5-7-16(17)9-10-20(19,3)4/h5-8,19,21,24H,9-13H2,1-4H3. The van der Waals surface area contributed by atoms with Crippen LogP contribution < -0.4 is 5.32 Å². The number of rotatable bonds is 5. The van der Waals surface area contributed by atoms with Crippen LogP contribution in [0.5, 0.6) is 0 Å². The molecule has 1 aromatic carbocycles. The van der Waals surface area contributed by atoms with E-state index in [4.69, 9.17) is 0 Å². The molecule has 4 heteroatoms. The van der Waals surface area contributed by atoms with E-state index in [1.165, 1.54) is 23.1 Å². The number of hydrogen-bond acceptors (Lipinski definition) is 3. The fourth-order valence-corrected chi connectivity index (χ4v) is 3.96. The Hall–Kier alpha value is -1.65. The van der Waals surface area contributed by atoms with E-state index in [0.29, 0.717) is 12.6 Å². The van der Waals surface area contributed by atoms with Crippen molar-refractivity contribution in [2.75, 3.05) is 6.61 Å². The Morgan fingerprint density at radius 1 is 1.29 bits per heavy atom. The Morgan fingerprint density at radius 2 is 2.04 bits per heavy atom. The van der Waals surface area contributed by atoms with Crippen LogP contribution in [-0.2, 0) is 19.5 Å². The smallest absolute Gasteiger partial charge is 0.0644 e. The lowest BCUT2D eigenvalue weighted by Crippen LogP contribution is -2.38. The first-order valence-corrected chi connectivity index (χ1v) is 8.89. The van der Waals surface area contributed by atoms with Gasteiger partial charge in [-0.05, 0) is 43.2 Å². The lowest BCUT2D eigenvalue weighted by atomic mass is 9.70. The summed E-state index contributed by atoms with van der Waals surface area (Å²) in [5.74, 6) is 0. The monoisotopic (exact) mass is 327 g/mol. The minimum Gasteiger partial charge on any atom is -0.394 e. The molecule has 1 atom stereocenters. The minimum atomic E-state index is 0.123. The Kier molecular flexibility index (Phi) is 4.79. The highest BCUT2D eigenvalue weighted by Crippen LogP contribution is 2.43. The number of aromatic nitrogens is 2. The van der Waals surface area contributed by atoms with Crippen LogP contribution in [0.1, 0.15) is 54.4 Å². The molecule has 2 N–H and O–H groups in total. The third-order valence-electron chi connectivity index (χ3n) is 5.51. The van der Waals surface area contributed by atoms with E-state index in [9.17, 15) is 5.11 Å². The SMILES string of the molecule is Cc1nn(CCO)c(C)c1CNC1c2ccccc2CCC1(C)C. The molecule has 0 fully saturated rings. The van der Waals surface area contributed by atoms with Crippen molar-refractivity contribution >= 4 is 0 Å². The number of nitrogens with zero attached hydrogens (tertiary/aromatic N) is 2. The Balaban J connectivity index is 1.84. The highest BCUT2D eigenvalue weighted by atomic mass is 16.3. The number of aliphatic hydroxyl groups excluding tert-OH is 1. The maximum atomic E-state index is 9.18. The molecule has 3 rings (SSSR count). The van der Waals surface area contributed by atoms with Gasteiger partial charge < -0.3 is 10.4 Å². The normalized spacial score (nSPS) is 19.3. The molecule has 0 radical (unpaired) electrons. The number of aliphatic hydroxyl groups is 1. The number of hydrogen-bond donors (Lipinski definition) is 2. The van der Waals surface area contributed by atoms with Crippen molar-refractivity contribution < 1.29 is 5.11 Å². The molecule has 0 bridgehead atoms. The molecule has 1 aromatic heterocycles. The summed E-state index contributed by atoms with van der Waals surface area (Å²) in [5, 5.41) is 17.5. The van der Waals surface area contributed by atoms with Crippen molar-refractivity contribution in [3.05, 3.63) is 52.3 Å². The molecule has 2 aromatic rings. The van der Waals surface area contributed by atoms with Crippen LogP contribution in [0.2, 0.25) is 0 Å². The molecule has 0 saturated heterocycles. The zero-order chi connectivity index (χ0) is 17.3. The van der Waals surface area contributed by atoms with Crippen molar-refractivity contribution in [1.82, 2.24) is 15.1 Å². The predicted molar refractivity (Wildman–Crippen MR) is 96.9 cm³/mol. The minimum absolute atomic E-state index is 0.123. The van der Waals surface area contributed by atoms with Gasteiger partial charge >= 0.3 is 0 Å². The highest BCUT2D eigenvalue weighted by molar-refractivity contribution is 5.34. The van der Waals surface area contributed by atoms with Crippen LogP contribution in [0.3, 0.4) is 0 Å². The molecule has 0 amide bonds. The third-order valence-corrected chi connectivity index (χ3v) is 5.51. The molecule has 24 heavy (non-hydrogen) atoms. The molecule has 4 nitrogen and oxygen atoms in total. The average Bonchev–Trinajstić information content (AvgIpc) is 2.81. The van der Waals surface area contributed by atoms with Gasteiger partial charge in [-0.1, -0.05) is 38.1 Å². The van der Waals surface area contributed by atoms with E-state index < -0.39 is 0 Å². The van der Waals surface area contributed by atoms with E-state index in [1.807, 2.05) is 4.68 Å². The van der Waals surface area contributed by atoms with Crippen LogP contribution >= 0.6 is 0 Å². The summed E-state index contributed by atoms with van der Waals surface area (Å²) in [6.45, 7) is 10.4. The Labute approximate surface area is 144 Å². The van der Waals surface area contributed by atoms with Crippen LogP contribution in [0, 0.1) is 19.3 Å². The van der Waals surface area contributed by atoms with Crippen LogP contribution in [0.15, 0.2) is 24.3 Å². The molecule has 0 spiro atoms. The van der Waals surface area contributed by atoms with Gasteiger partial charge in [-0.2, -0.15) is 5.10 Å². The summed E-state index contributed by atoms with van der Waals surface area (Å²) in [6.07, 6.45) is 2.36. The maximum Gasteiger partial charge on any atom is 0.0644 e. The average molecular weight is 327 g/mol. The van der Waals surface area contributed by atoms with Crippen molar-refractivity contribution in [1.29, 1.82) is 0 Å². The molecule has 0 saturated carbocycles. The van der Waals surface area contributed by atoms with E-state index in [2.05, 4.69) is 62.4 Å². The van der Waals surface area contributed by atoms with Gasteiger partial charge in [0, 0.05) is 23.8 Å². The van der Waals surface area contributed by atoms with Gasteiger partial charge in [0.05, 0.1) is 18.8 Å². The molecule has 1 aliphatic carbocycles. The molecular formula is C20H29N3O. The topological polar surface area (TPSA) is 50.1 Å². The fraction of sp³-hybridized carbons (Fsp3) is 0.550. The predicted octanol–water partition coefficient (Wildman–Crippen LogP) is 3.30. The Bertz CT molecular complexity index is 718. The second kappa shape index (κ2) is 6.69. The highest BCUT2D eigenvalue weighted by Gasteiger charge is 2.35. The summed E-state index contributed by atoms with van der Waals surface area (Å²) < 4.78 is 1.91. The molecule has 130 valence electrons. The zero-order valence-electron chi connectivity index (χ0n) is 15.3. The summed E-state index contributed by atoms with van der Waals surface area (Å²) >= 11 is 0. The first-order valence-electron chi connectivity index (χ1n) is 8.89. The molecule has 0 aliphatic heterocycles. The van der Waals surface area contributed by atoms with E-state index in [-0.39, 0.29) is 12.0 Å². The van der Waals surface area contributed by atoms with Crippen molar-refractivity contribution in [3.8, 4) is 0 Å². The summed E-state index contributed by atoms with van der Waals surface area (Å²) in [6, 6.07) is 9.16. The van der Waals surface area contributed by atoms with Crippen molar-refractivity contribution in [2.45, 2.75) is 59.7 Å². The van der Waals surface area contributed by atoms with Gasteiger partial charge in [-0.25, -0.2) is 0 Å². The number of aryl methyl sites for hydroxylation is 2. The van der Waals surface area contributed by atoms with Crippen molar-refractivity contribution in [2.24, 2.45) is 5.41 Å².